The molecule has 1 N–H and O–H groups in total. The maximum absolute atomic E-state index is 4.74. The van der Waals surface area contributed by atoms with Crippen molar-refractivity contribution in [1.82, 2.24) is 34.4 Å². The van der Waals surface area contributed by atoms with Gasteiger partial charge in [0.15, 0.2) is 0 Å². The number of rotatable bonds is 5. The second kappa shape index (κ2) is 7.79. The topological polar surface area (TPSA) is 84.7 Å². The highest BCUT2D eigenvalue weighted by molar-refractivity contribution is 5.48. The molecule has 27 heavy (non-hydrogen) atoms. The van der Waals surface area contributed by atoms with Crippen molar-refractivity contribution in [1.29, 1.82) is 0 Å². The Kier molecular flexibility index (Phi) is 5.06. The second-order valence-electron chi connectivity index (χ2n) is 6.86. The molecule has 4 rings (SSSR count). The summed E-state index contributed by atoms with van der Waals surface area (Å²) in [6, 6.07) is 4.07. The minimum atomic E-state index is 0.259. The zero-order valence-corrected chi connectivity index (χ0v) is 15.7. The summed E-state index contributed by atoms with van der Waals surface area (Å²) in [7, 11) is 2.04. The van der Waals surface area contributed by atoms with Crippen LogP contribution in [0.3, 0.4) is 0 Å². The zero-order chi connectivity index (χ0) is 18.6. The van der Waals surface area contributed by atoms with Crippen molar-refractivity contribution in [3.8, 4) is 0 Å². The SMILES string of the molecule is Cc1nc(Nc2ncccn2)cc([C@@H]2CCCCN2Cc2nccn2C)n1. The fraction of sp³-hybridized carbons (Fsp3) is 0.421. The standard InChI is InChI=1S/C19H24N8/c1-14-23-15(12-17(24-14)25-19-21-7-5-8-22-19)16-6-3-4-10-27(16)13-18-20-9-11-26(18)2/h5,7-9,11-12,16H,3-4,6,10,13H2,1-2H3,(H,21,22,23,24,25)/t16-/m0/s1. The molecule has 0 spiro atoms. The van der Waals surface area contributed by atoms with Gasteiger partial charge in [0.2, 0.25) is 5.95 Å². The van der Waals surface area contributed by atoms with Crippen molar-refractivity contribution in [2.45, 2.75) is 38.8 Å². The van der Waals surface area contributed by atoms with Gasteiger partial charge in [-0.05, 0) is 32.4 Å². The highest BCUT2D eigenvalue weighted by Crippen LogP contribution is 2.32. The first-order valence-corrected chi connectivity index (χ1v) is 9.29. The van der Waals surface area contributed by atoms with Crippen LogP contribution in [-0.4, -0.2) is 40.9 Å². The van der Waals surface area contributed by atoms with Crippen LogP contribution in [0.25, 0.3) is 0 Å². The minimum absolute atomic E-state index is 0.259. The van der Waals surface area contributed by atoms with Gasteiger partial charge in [-0.1, -0.05) is 6.42 Å². The number of piperidine rings is 1. The molecule has 1 aliphatic heterocycles. The van der Waals surface area contributed by atoms with Crippen LogP contribution in [0.5, 0.6) is 0 Å². The van der Waals surface area contributed by atoms with E-state index in [4.69, 9.17) is 4.98 Å². The molecule has 1 fully saturated rings. The Balaban J connectivity index is 1.59. The van der Waals surface area contributed by atoms with Crippen molar-refractivity contribution >= 4 is 11.8 Å². The summed E-state index contributed by atoms with van der Waals surface area (Å²) >= 11 is 0. The van der Waals surface area contributed by atoms with Crippen LogP contribution in [0.15, 0.2) is 36.9 Å². The average molecular weight is 364 g/mol. The molecule has 8 heteroatoms. The number of likely N-dealkylation sites (tertiary alicyclic amines) is 1. The van der Waals surface area contributed by atoms with E-state index in [0.29, 0.717) is 5.95 Å². The van der Waals surface area contributed by atoms with E-state index in [2.05, 4.69) is 34.7 Å². The highest BCUT2D eigenvalue weighted by atomic mass is 15.2. The third kappa shape index (κ3) is 4.11. The molecular weight excluding hydrogens is 340 g/mol. The Hall–Kier alpha value is -2.87. The summed E-state index contributed by atoms with van der Waals surface area (Å²) in [5.74, 6) is 3.08. The van der Waals surface area contributed by atoms with E-state index in [0.717, 1.165) is 42.7 Å². The molecule has 3 aromatic heterocycles. The highest BCUT2D eigenvalue weighted by Gasteiger charge is 2.26. The maximum Gasteiger partial charge on any atom is 0.228 e. The van der Waals surface area contributed by atoms with Crippen molar-refractivity contribution in [3.05, 3.63) is 54.3 Å². The molecule has 8 nitrogen and oxygen atoms in total. The third-order valence-electron chi connectivity index (χ3n) is 4.88. The van der Waals surface area contributed by atoms with Gasteiger partial charge in [-0.3, -0.25) is 4.90 Å². The average Bonchev–Trinajstić information content (AvgIpc) is 3.07. The Morgan fingerprint density at radius 2 is 1.96 bits per heavy atom. The van der Waals surface area contributed by atoms with Crippen molar-refractivity contribution in [2.24, 2.45) is 7.05 Å². The molecule has 140 valence electrons. The number of aryl methyl sites for hydroxylation is 2. The number of imidazole rings is 1. The molecule has 0 bridgehead atoms. The van der Waals surface area contributed by atoms with E-state index in [1.54, 1.807) is 18.5 Å². The summed E-state index contributed by atoms with van der Waals surface area (Å²) in [6.07, 6.45) is 10.8. The summed E-state index contributed by atoms with van der Waals surface area (Å²) < 4.78 is 2.08. The summed E-state index contributed by atoms with van der Waals surface area (Å²) in [6.45, 7) is 3.79. The van der Waals surface area contributed by atoms with Crippen LogP contribution in [0, 0.1) is 6.92 Å². The fourth-order valence-electron chi connectivity index (χ4n) is 3.55. The number of aromatic nitrogens is 6. The van der Waals surface area contributed by atoms with Crippen molar-refractivity contribution < 1.29 is 0 Å². The van der Waals surface area contributed by atoms with Crippen LogP contribution in [-0.2, 0) is 13.6 Å². The molecule has 1 atom stereocenters. The normalized spacial score (nSPS) is 17.8. The first kappa shape index (κ1) is 17.5. The molecule has 3 aromatic rings. The van der Waals surface area contributed by atoms with Gasteiger partial charge in [-0.25, -0.2) is 24.9 Å². The lowest BCUT2D eigenvalue weighted by molar-refractivity contribution is 0.132. The van der Waals surface area contributed by atoms with Gasteiger partial charge in [-0.2, -0.15) is 0 Å². The lowest BCUT2D eigenvalue weighted by Gasteiger charge is -2.35. The smallest absolute Gasteiger partial charge is 0.228 e. The maximum atomic E-state index is 4.74. The quantitative estimate of drug-likeness (QED) is 0.745. The summed E-state index contributed by atoms with van der Waals surface area (Å²) in [5.41, 5.74) is 1.04. The van der Waals surface area contributed by atoms with Crippen molar-refractivity contribution in [3.63, 3.8) is 0 Å². The molecule has 1 aliphatic rings. The second-order valence-corrected chi connectivity index (χ2v) is 6.86. The van der Waals surface area contributed by atoms with Crippen LogP contribution in [0.4, 0.5) is 11.8 Å². The summed E-state index contributed by atoms with van der Waals surface area (Å²) in [5, 5.41) is 3.19. The molecule has 0 aliphatic carbocycles. The first-order chi connectivity index (χ1) is 13.2. The minimum Gasteiger partial charge on any atom is -0.337 e. The largest absolute Gasteiger partial charge is 0.337 e. The Morgan fingerprint density at radius 1 is 1.11 bits per heavy atom. The van der Waals surface area contributed by atoms with Crippen LogP contribution in [0.1, 0.15) is 42.6 Å². The molecule has 1 saturated heterocycles. The summed E-state index contributed by atoms with van der Waals surface area (Å²) in [4.78, 5) is 24.6. The monoisotopic (exact) mass is 364 g/mol. The van der Waals surface area contributed by atoms with Gasteiger partial charge in [0.1, 0.15) is 17.5 Å². The predicted octanol–water partition coefficient (Wildman–Crippen LogP) is 2.78. The molecule has 0 saturated carbocycles. The number of anilines is 2. The van der Waals surface area contributed by atoms with E-state index < -0.39 is 0 Å². The van der Waals surface area contributed by atoms with Crippen molar-refractivity contribution in [2.75, 3.05) is 11.9 Å². The van der Waals surface area contributed by atoms with E-state index >= 15 is 0 Å². The number of nitrogens with one attached hydrogen (secondary N) is 1. The number of hydrogen-bond donors (Lipinski definition) is 1. The lowest BCUT2D eigenvalue weighted by Crippen LogP contribution is -2.34. The van der Waals surface area contributed by atoms with Gasteiger partial charge in [0.05, 0.1) is 18.3 Å². The van der Waals surface area contributed by atoms with E-state index in [1.807, 2.05) is 32.4 Å². The molecule has 4 heterocycles. The zero-order valence-electron chi connectivity index (χ0n) is 15.7. The van der Waals surface area contributed by atoms with Crippen LogP contribution < -0.4 is 5.32 Å². The fourth-order valence-corrected chi connectivity index (χ4v) is 3.55. The Labute approximate surface area is 158 Å². The molecule has 0 unspecified atom stereocenters. The van der Waals surface area contributed by atoms with Gasteiger partial charge >= 0.3 is 0 Å². The first-order valence-electron chi connectivity index (χ1n) is 9.29. The molecule has 0 aromatic carbocycles. The van der Waals surface area contributed by atoms with Gasteiger partial charge < -0.3 is 9.88 Å². The molecular formula is C19H24N8. The van der Waals surface area contributed by atoms with Crippen LogP contribution in [0.2, 0.25) is 0 Å². The van der Waals surface area contributed by atoms with E-state index in [-0.39, 0.29) is 6.04 Å². The predicted molar refractivity (Wildman–Crippen MR) is 102 cm³/mol. The Bertz CT molecular complexity index is 892. The number of hydrogen-bond acceptors (Lipinski definition) is 7. The molecule has 0 radical (unpaired) electrons. The Morgan fingerprint density at radius 3 is 2.74 bits per heavy atom. The van der Waals surface area contributed by atoms with E-state index in [9.17, 15) is 0 Å². The van der Waals surface area contributed by atoms with E-state index in [1.165, 1.54) is 12.8 Å². The van der Waals surface area contributed by atoms with Gasteiger partial charge in [0, 0.05) is 37.9 Å². The molecule has 0 amide bonds. The van der Waals surface area contributed by atoms with Crippen LogP contribution >= 0.6 is 0 Å². The third-order valence-corrected chi connectivity index (χ3v) is 4.88. The lowest BCUT2D eigenvalue weighted by atomic mass is 9.99. The van der Waals surface area contributed by atoms with Gasteiger partial charge in [-0.15, -0.1) is 0 Å². The van der Waals surface area contributed by atoms with Gasteiger partial charge in [0.25, 0.3) is 0 Å². The number of nitrogens with zero attached hydrogens (tertiary/aromatic N) is 7.